The van der Waals surface area contributed by atoms with E-state index in [9.17, 15) is 0 Å². The maximum Gasteiger partial charge on any atom is 0.212 e. The van der Waals surface area contributed by atoms with Crippen LogP contribution in [0.1, 0.15) is 24.7 Å². The standard InChI is InChI=1S/C14H21N5O2/c1-4-8-15-9-11-6-5-7-12(20-3)14(11)21-10-13-16-18-19(2)17-13/h5-7,15H,4,8-10H2,1-3H3. The van der Waals surface area contributed by atoms with Crippen LogP contribution in [-0.2, 0) is 20.2 Å². The van der Waals surface area contributed by atoms with Crippen molar-refractivity contribution in [2.45, 2.75) is 26.5 Å². The van der Waals surface area contributed by atoms with Gasteiger partial charge in [0.15, 0.2) is 18.1 Å². The molecule has 0 radical (unpaired) electrons. The zero-order chi connectivity index (χ0) is 15.1. The lowest BCUT2D eigenvalue weighted by Crippen LogP contribution is -2.15. The highest BCUT2D eigenvalue weighted by Crippen LogP contribution is 2.31. The van der Waals surface area contributed by atoms with Crippen molar-refractivity contribution in [2.75, 3.05) is 13.7 Å². The minimum absolute atomic E-state index is 0.259. The first-order valence-corrected chi connectivity index (χ1v) is 6.96. The topological polar surface area (TPSA) is 74.1 Å². The molecular weight excluding hydrogens is 270 g/mol. The normalized spacial score (nSPS) is 10.6. The molecule has 2 rings (SSSR count). The Morgan fingerprint density at radius 2 is 2.19 bits per heavy atom. The number of nitrogens with one attached hydrogen (secondary N) is 1. The minimum atomic E-state index is 0.259. The van der Waals surface area contributed by atoms with Crippen LogP contribution in [0.3, 0.4) is 0 Å². The van der Waals surface area contributed by atoms with E-state index in [0.29, 0.717) is 11.6 Å². The molecule has 114 valence electrons. The van der Waals surface area contributed by atoms with Crippen LogP contribution in [0.2, 0.25) is 0 Å². The van der Waals surface area contributed by atoms with Crippen molar-refractivity contribution >= 4 is 0 Å². The van der Waals surface area contributed by atoms with Crippen LogP contribution in [-0.4, -0.2) is 33.9 Å². The number of rotatable bonds is 8. The Morgan fingerprint density at radius 1 is 1.33 bits per heavy atom. The largest absolute Gasteiger partial charge is 0.493 e. The van der Waals surface area contributed by atoms with Gasteiger partial charge in [0.25, 0.3) is 0 Å². The SMILES string of the molecule is CCCNCc1cccc(OC)c1OCc1nnn(C)n1. The number of benzene rings is 1. The molecular formula is C14H21N5O2. The fraction of sp³-hybridized carbons (Fsp3) is 0.500. The van der Waals surface area contributed by atoms with Gasteiger partial charge in [-0.3, -0.25) is 0 Å². The van der Waals surface area contributed by atoms with Gasteiger partial charge in [-0.2, -0.15) is 4.80 Å². The van der Waals surface area contributed by atoms with Gasteiger partial charge in [-0.1, -0.05) is 19.1 Å². The van der Waals surface area contributed by atoms with Crippen molar-refractivity contribution in [2.24, 2.45) is 7.05 Å². The van der Waals surface area contributed by atoms with Crippen LogP contribution in [0.25, 0.3) is 0 Å². The molecule has 0 saturated carbocycles. The summed E-state index contributed by atoms with van der Waals surface area (Å²) >= 11 is 0. The van der Waals surface area contributed by atoms with Crippen LogP contribution in [0.15, 0.2) is 18.2 Å². The van der Waals surface area contributed by atoms with Gasteiger partial charge < -0.3 is 14.8 Å². The van der Waals surface area contributed by atoms with Gasteiger partial charge in [0.2, 0.25) is 5.82 Å². The molecule has 21 heavy (non-hydrogen) atoms. The zero-order valence-corrected chi connectivity index (χ0v) is 12.7. The third kappa shape index (κ3) is 4.16. The molecule has 0 spiro atoms. The van der Waals surface area contributed by atoms with E-state index < -0.39 is 0 Å². The van der Waals surface area contributed by atoms with Gasteiger partial charge in [-0.05, 0) is 24.2 Å². The summed E-state index contributed by atoms with van der Waals surface area (Å²) < 4.78 is 11.2. The van der Waals surface area contributed by atoms with Crippen molar-refractivity contribution in [1.82, 2.24) is 25.5 Å². The summed E-state index contributed by atoms with van der Waals surface area (Å²) in [5, 5.41) is 15.2. The van der Waals surface area contributed by atoms with Gasteiger partial charge in [0.1, 0.15) is 0 Å². The number of methoxy groups -OCH3 is 1. The predicted molar refractivity (Wildman–Crippen MR) is 78.1 cm³/mol. The monoisotopic (exact) mass is 291 g/mol. The molecule has 0 aliphatic carbocycles. The van der Waals surface area contributed by atoms with Gasteiger partial charge in [-0.15, -0.1) is 10.2 Å². The molecule has 7 heteroatoms. The highest BCUT2D eigenvalue weighted by Gasteiger charge is 2.12. The Kier molecular flexibility index (Phi) is 5.51. The Balaban J connectivity index is 2.10. The van der Waals surface area contributed by atoms with E-state index in [0.717, 1.165) is 30.8 Å². The maximum absolute atomic E-state index is 5.85. The molecule has 0 saturated heterocycles. The molecule has 1 N–H and O–H groups in total. The van der Waals surface area contributed by atoms with Crippen molar-refractivity contribution in [3.05, 3.63) is 29.6 Å². The third-order valence-electron chi connectivity index (χ3n) is 2.92. The highest BCUT2D eigenvalue weighted by atomic mass is 16.5. The molecule has 0 unspecified atom stereocenters. The molecule has 0 bridgehead atoms. The number of nitrogens with zero attached hydrogens (tertiary/aromatic N) is 4. The number of hydrogen-bond donors (Lipinski definition) is 1. The minimum Gasteiger partial charge on any atom is -0.493 e. The van der Waals surface area contributed by atoms with Gasteiger partial charge in [0.05, 0.1) is 14.2 Å². The number of ether oxygens (including phenoxy) is 2. The lowest BCUT2D eigenvalue weighted by molar-refractivity contribution is 0.272. The molecule has 2 aromatic rings. The number of aryl methyl sites for hydroxylation is 1. The molecule has 7 nitrogen and oxygen atoms in total. The average Bonchev–Trinajstić information content (AvgIpc) is 2.91. The van der Waals surface area contributed by atoms with Crippen molar-refractivity contribution < 1.29 is 9.47 Å². The first-order chi connectivity index (χ1) is 10.2. The van der Waals surface area contributed by atoms with E-state index >= 15 is 0 Å². The van der Waals surface area contributed by atoms with E-state index in [4.69, 9.17) is 9.47 Å². The smallest absolute Gasteiger partial charge is 0.212 e. The van der Waals surface area contributed by atoms with Crippen LogP contribution >= 0.6 is 0 Å². The van der Waals surface area contributed by atoms with E-state index in [1.807, 2.05) is 18.2 Å². The summed E-state index contributed by atoms with van der Waals surface area (Å²) in [6.45, 7) is 4.08. The summed E-state index contributed by atoms with van der Waals surface area (Å²) in [4.78, 5) is 1.41. The molecule has 1 heterocycles. The highest BCUT2D eigenvalue weighted by molar-refractivity contribution is 5.46. The van der Waals surface area contributed by atoms with E-state index in [-0.39, 0.29) is 6.61 Å². The van der Waals surface area contributed by atoms with E-state index in [1.54, 1.807) is 14.2 Å². The molecule has 0 amide bonds. The van der Waals surface area contributed by atoms with Crippen molar-refractivity contribution in [3.63, 3.8) is 0 Å². The van der Waals surface area contributed by atoms with Crippen LogP contribution < -0.4 is 14.8 Å². The van der Waals surface area contributed by atoms with E-state index in [1.165, 1.54) is 4.80 Å². The van der Waals surface area contributed by atoms with Crippen molar-refractivity contribution in [3.8, 4) is 11.5 Å². The lowest BCUT2D eigenvalue weighted by Gasteiger charge is -2.14. The van der Waals surface area contributed by atoms with Crippen molar-refractivity contribution in [1.29, 1.82) is 0 Å². The lowest BCUT2D eigenvalue weighted by atomic mass is 10.2. The van der Waals surface area contributed by atoms with E-state index in [2.05, 4.69) is 27.7 Å². The Labute approximate surface area is 124 Å². The second-order valence-electron chi connectivity index (χ2n) is 4.61. The van der Waals surface area contributed by atoms with Crippen LogP contribution in [0, 0.1) is 0 Å². The Morgan fingerprint density at radius 3 is 2.86 bits per heavy atom. The Bertz CT molecular complexity index is 570. The zero-order valence-electron chi connectivity index (χ0n) is 12.7. The van der Waals surface area contributed by atoms with Crippen LogP contribution in [0.4, 0.5) is 0 Å². The molecule has 0 atom stereocenters. The molecule has 0 aliphatic heterocycles. The summed E-state index contributed by atoms with van der Waals surface area (Å²) in [6.07, 6.45) is 1.09. The fourth-order valence-corrected chi connectivity index (χ4v) is 1.94. The molecule has 0 fully saturated rings. The van der Waals surface area contributed by atoms with Gasteiger partial charge in [0, 0.05) is 12.1 Å². The number of tetrazole rings is 1. The summed E-state index contributed by atoms with van der Waals surface area (Å²) in [7, 11) is 3.35. The predicted octanol–water partition coefficient (Wildman–Crippen LogP) is 1.30. The molecule has 1 aromatic carbocycles. The van der Waals surface area contributed by atoms with Gasteiger partial charge in [-0.25, -0.2) is 0 Å². The summed E-state index contributed by atoms with van der Waals surface area (Å²) in [5.41, 5.74) is 1.05. The van der Waals surface area contributed by atoms with Crippen LogP contribution in [0.5, 0.6) is 11.5 Å². The van der Waals surface area contributed by atoms with Gasteiger partial charge >= 0.3 is 0 Å². The third-order valence-corrected chi connectivity index (χ3v) is 2.92. The summed E-state index contributed by atoms with van der Waals surface area (Å²) in [6, 6.07) is 5.85. The summed E-state index contributed by atoms with van der Waals surface area (Å²) in [5.74, 6) is 1.96. The number of aromatic nitrogens is 4. The molecule has 1 aromatic heterocycles. The maximum atomic E-state index is 5.85. The fourth-order valence-electron chi connectivity index (χ4n) is 1.94. The molecule has 0 aliphatic rings. The number of hydrogen-bond acceptors (Lipinski definition) is 6. The first kappa shape index (κ1) is 15.2. The first-order valence-electron chi connectivity index (χ1n) is 6.96. The quantitative estimate of drug-likeness (QED) is 0.739. The second kappa shape index (κ2) is 7.58. The average molecular weight is 291 g/mol. The number of para-hydroxylation sites is 1. The second-order valence-corrected chi connectivity index (χ2v) is 4.61. The Hall–Kier alpha value is -2.15.